The minimum absolute atomic E-state index is 0.150. The highest BCUT2D eigenvalue weighted by Crippen LogP contribution is 2.02. The molecule has 0 aliphatic heterocycles. The molecule has 0 heterocycles. The Kier molecular flexibility index (Phi) is 9.68. The Bertz CT molecular complexity index is 158. The van der Waals surface area contributed by atoms with Gasteiger partial charge in [-0.25, -0.2) is 0 Å². The van der Waals surface area contributed by atoms with Crippen molar-refractivity contribution in [1.29, 1.82) is 0 Å². The van der Waals surface area contributed by atoms with Crippen LogP contribution in [0.4, 0.5) is 0 Å². The van der Waals surface area contributed by atoms with Crippen LogP contribution in [0.1, 0.15) is 27.7 Å². The zero-order chi connectivity index (χ0) is 13.3. The second-order valence-electron chi connectivity index (χ2n) is 3.99. The van der Waals surface area contributed by atoms with E-state index in [1.165, 1.54) is 0 Å². The highest BCUT2D eigenvalue weighted by molar-refractivity contribution is 4.66. The first-order chi connectivity index (χ1) is 8.02. The molecule has 0 radical (unpaired) electrons. The van der Waals surface area contributed by atoms with Gasteiger partial charge in [-0.1, -0.05) is 0 Å². The summed E-state index contributed by atoms with van der Waals surface area (Å²) >= 11 is 0. The Balaban J connectivity index is 3.68. The van der Waals surface area contributed by atoms with Gasteiger partial charge in [0.25, 0.3) is 0 Å². The second-order valence-corrected chi connectivity index (χ2v) is 3.99. The van der Waals surface area contributed by atoms with Crippen molar-refractivity contribution in [3.63, 3.8) is 0 Å². The minimum Gasteiger partial charge on any atom is -0.388 e. The summed E-state index contributed by atoms with van der Waals surface area (Å²) in [6.45, 7) is 8.74. The van der Waals surface area contributed by atoms with Gasteiger partial charge in [0, 0.05) is 13.2 Å². The van der Waals surface area contributed by atoms with E-state index in [0.29, 0.717) is 13.2 Å². The lowest BCUT2D eigenvalue weighted by molar-refractivity contribution is -0.0941. The van der Waals surface area contributed by atoms with Crippen molar-refractivity contribution in [2.45, 2.75) is 52.1 Å². The Hall–Kier alpha value is -0.200. The first-order valence-electron chi connectivity index (χ1n) is 6.19. The standard InChI is InChI=1S/C12H26O5/c1-5-16-9(3)11(13)7-15-8-12(14)10(4)17-6-2/h9-14H,5-8H2,1-4H3. The van der Waals surface area contributed by atoms with Crippen LogP contribution >= 0.6 is 0 Å². The molecule has 0 aliphatic carbocycles. The first kappa shape index (κ1) is 16.8. The minimum atomic E-state index is -0.676. The summed E-state index contributed by atoms with van der Waals surface area (Å²) in [6, 6.07) is 0. The fourth-order valence-electron chi connectivity index (χ4n) is 1.33. The van der Waals surface area contributed by atoms with Crippen molar-refractivity contribution in [2.24, 2.45) is 0 Å². The van der Waals surface area contributed by atoms with E-state index in [1.807, 2.05) is 13.8 Å². The van der Waals surface area contributed by atoms with Crippen molar-refractivity contribution >= 4 is 0 Å². The fraction of sp³-hybridized carbons (Fsp3) is 1.00. The normalized spacial score (nSPS) is 18.7. The van der Waals surface area contributed by atoms with Gasteiger partial charge in [0.2, 0.25) is 0 Å². The molecule has 4 atom stereocenters. The molecule has 0 saturated carbocycles. The van der Waals surface area contributed by atoms with Gasteiger partial charge in [-0.3, -0.25) is 0 Å². The molecular formula is C12H26O5. The van der Waals surface area contributed by atoms with Crippen molar-refractivity contribution in [2.75, 3.05) is 26.4 Å². The van der Waals surface area contributed by atoms with E-state index in [9.17, 15) is 10.2 Å². The number of aliphatic hydroxyl groups excluding tert-OH is 2. The van der Waals surface area contributed by atoms with Crippen LogP contribution in [0.25, 0.3) is 0 Å². The molecule has 0 aromatic rings. The number of aliphatic hydroxyl groups is 2. The fourth-order valence-corrected chi connectivity index (χ4v) is 1.33. The smallest absolute Gasteiger partial charge is 0.103 e. The molecule has 4 unspecified atom stereocenters. The van der Waals surface area contributed by atoms with Gasteiger partial charge in [0.15, 0.2) is 0 Å². The van der Waals surface area contributed by atoms with E-state index >= 15 is 0 Å². The molecule has 5 heteroatoms. The number of ether oxygens (including phenoxy) is 3. The van der Waals surface area contributed by atoms with Crippen LogP contribution in [0.5, 0.6) is 0 Å². The molecule has 0 fully saturated rings. The summed E-state index contributed by atoms with van der Waals surface area (Å²) in [5.41, 5.74) is 0. The molecule has 0 rings (SSSR count). The van der Waals surface area contributed by atoms with E-state index in [2.05, 4.69) is 0 Å². The van der Waals surface area contributed by atoms with Crippen molar-refractivity contribution in [3.8, 4) is 0 Å². The van der Waals surface area contributed by atoms with Gasteiger partial charge in [-0.15, -0.1) is 0 Å². The van der Waals surface area contributed by atoms with Crippen LogP contribution < -0.4 is 0 Å². The van der Waals surface area contributed by atoms with Crippen LogP contribution in [0.15, 0.2) is 0 Å². The summed E-state index contributed by atoms with van der Waals surface area (Å²) in [6.07, 6.45) is -1.88. The highest BCUT2D eigenvalue weighted by atomic mass is 16.5. The molecule has 5 nitrogen and oxygen atoms in total. The van der Waals surface area contributed by atoms with Crippen molar-refractivity contribution in [3.05, 3.63) is 0 Å². The second kappa shape index (κ2) is 9.79. The number of rotatable bonds is 10. The Labute approximate surface area is 104 Å². The molecule has 2 N–H and O–H groups in total. The van der Waals surface area contributed by atoms with Gasteiger partial charge < -0.3 is 24.4 Å². The lowest BCUT2D eigenvalue weighted by Gasteiger charge is -2.21. The first-order valence-corrected chi connectivity index (χ1v) is 6.19. The monoisotopic (exact) mass is 250 g/mol. The topological polar surface area (TPSA) is 68.2 Å². The molecule has 0 aromatic heterocycles. The quantitative estimate of drug-likeness (QED) is 0.593. The summed E-state index contributed by atoms with van der Waals surface area (Å²) in [4.78, 5) is 0. The maximum Gasteiger partial charge on any atom is 0.103 e. The summed E-state index contributed by atoms with van der Waals surface area (Å²) in [5.74, 6) is 0. The summed E-state index contributed by atoms with van der Waals surface area (Å²) < 4.78 is 15.7. The zero-order valence-corrected chi connectivity index (χ0v) is 11.3. The third-order valence-corrected chi connectivity index (χ3v) is 2.52. The largest absolute Gasteiger partial charge is 0.388 e. The van der Waals surface area contributed by atoms with E-state index < -0.39 is 12.2 Å². The van der Waals surface area contributed by atoms with Crippen LogP contribution in [0.2, 0.25) is 0 Å². The van der Waals surface area contributed by atoms with Gasteiger partial charge in [0.1, 0.15) is 12.2 Å². The molecule has 104 valence electrons. The van der Waals surface area contributed by atoms with Crippen LogP contribution in [0.3, 0.4) is 0 Å². The zero-order valence-electron chi connectivity index (χ0n) is 11.3. The van der Waals surface area contributed by atoms with Gasteiger partial charge in [-0.05, 0) is 27.7 Å². The lowest BCUT2D eigenvalue weighted by atomic mass is 10.2. The average Bonchev–Trinajstić information content (AvgIpc) is 2.29. The van der Waals surface area contributed by atoms with Gasteiger partial charge in [0.05, 0.1) is 25.4 Å². The summed E-state index contributed by atoms with van der Waals surface area (Å²) in [7, 11) is 0. The molecule has 0 aliphatic rings. The van der Waals surface area contributed by atoms with E-state index in [0.717, 1.165) is 0 Å². The average molecular weight is 250 g/mol. The predicted octanol–water partition coefficient (Wildman–Crippen LogP) is 0.575. The van der Waals surface area contributed by atoms with E-state index in [-0.39, 0.29) is 25.4 Å². The van der Waals surface area contributed by atoms with Gasteiger partial charge in [-0.2, -0.15) is 0 Å². The molecular weight excluding hydrogens is 224 g/mol. The third kappa shape index (κ3) is 7.68. The molecule has 0 amide bonds. The summed E-state index contributed by atoms with van der Waals surface area (Å²) in [5, 5.41) is 19.3. The van der Waals surface area contributed by atoms with Crippen LogP contribution in [-0.2, 0) is 14.2 Å². The SMILES string of the molecule is CCOC(C)C(O)COCC(O)C(C)OCC. The third-order valence-electron chi connectivity index (χ3n) is 2.52. The predicted molar refractivity (Wildman–Crippen MR) is 65.0 cm³/mol. The molecule has 0 spiro atoms. The van der Waals surface area contributed by atoms with Crippen LogP contribution in [-0.4, -0.2) is 61.1 Å². The van der Waals surface area contributed by atoms with Crippen molar-refractivity contribution < 1.29 is 24.4 Å². The Morgan fingerprint density at radius 1 is 0.824 bits per heavy atom. The lowest BCUT2D eigenvalue weighted by Crippen LogP contribution is -2.35. The van der Waals surface area contributed by atoms with Crippen LogP contribution in [0, 0.1) is 0 Å². The molecule has 0 bridgehead atoms. The molecule has 0 saturated heterocycles. The maximum atomic E-state index is 9.64. The van der Waals surface area contributed by atoms with Crippen molar-refractivity contribution in [1.82, 2.24) is 0 Å². The van der Waals surface area contributed by atoms with E-state index in [4.69, 9.17) is 14.2 Å². The highest BCUT2D eigenvalue weighted by Gasteiger charge is 2.17. The molecule has 0 aromatic carbocycles. The van der Waals surface area contributed by atoms with Gasteiger partial charge >= 0.3 is 0 Å². The van der Waals surface area contributed by atoms with E-state index in [1.54, 1.807) is 13.8 Å². The molecule has 17 heavy (non-hydrogen) atoms. The Morgan fingerprint density at radius 3 is 1.47 bits per heavy atom. The Morgan fingerprint density at radius 2 is 1.18 bits per heavy atom. The number of hydrogen-bond donors (Lipinski definition) is 2. The maximum absolute atomic E-state index is 9.64. The number of hydrogen-bond acceptors (Lipinski definition) is 5.